The van der Waals surface area contributed by atoms with E-state index in [1.807, 2.05) is 25.2 Å². The molecule has 0 bridgehead atoms. The maximum Gasteiger partial charge on any atom is 0.272 e. The highest BCUT2D eigenvalue weighted by molar-refractivity contribution is 7.98. The summed E-state index contributed by atoms with van der Waals surface area (Å²) in [7, 11) is 1.88. The molecule has 0 radical (unpaired) electrons. The summed E-state index contributed by atoms with van der Waals surface area (Å²) < 4.78 is 13.4. The molecule has 0 amide bonds. The summed E-state index contributed by atoms with van der Waals surface area (Å²) in [6.07, 6.45) is 0. The van der Waals surface area contributed by atoms with Crippen molar-refractivity contribution in [2.24, 2.45) is 0 Å². The summed E-state index contributed by atoms with van der Waals surface area (Å²) in [6.45, 7) is 0.778. The maximum atomic E-state index is 13.4. The first-order valence-corrected chi connectivity index (χ1v) is 7.37. The minimum absolute atomic E-state index is 0.213. The maximum absolute atomic E-state index is 13.4. The van der Waals surface area contributed by atoms with Gasteiger partial charge in [0.2, 0.25) is 0 Å². The fourth-order valence-corrected chi connectivity index (χ4v) is 2.85. The van der Waals surface area contributed by atoms with Crippen molar-refractivity contribution in [3.63, 3.8) is 0 Å². The Bertz CT molecular complexity index is 649. The highest BCUT2D eigenvalue weighted by Crippen LogP contribution is 2.26. The van der Waals surface area contributed by atoms with Gasteiger partial charge < -0.3 is 5.32 Å². The highest BCUT2D eigenvalue weighted by Gasteiger charge is 2.10. The zero-order valence-electron chi connectivity index (χ0n) is 11.5. The largest absolute Gasteiger partial charge is 0.316 e. The smallest absolute Gasteiger partial charge is 0.272 e. The normalized spacial score (nSPS) is 10.6. The van der Waals surface area contributed by atoms with Gasteiger partial charge in [-0.3, -0.25) is 10.1 Å². The van der Waals surface area contributed by atoms with E-state index in [1.165, 1.54) is 23.9 Å². The van der Waals surface area contributed by atoms with Crippen molar-refractivity contribution in [1.29, 1.82) is 0 Å². The van der Waals surface area contributed by atoms with Gasteiger partial charge in [-0.05, 0) is 36.4 Å². The number of rotatable bonds is 6. The quantitative estimate of drug-likeness (QED) is 0.502. The van der Waals surface area contributed by atoms with E-state index >= 15 is 0 Å². The van der Waals surface area contributed by atoms with Gasteiger partial charge in [-0.1, -0.05) is 12.1 Å². The SMILES string of the molecule is CNCc1cccc(SCc2cc(F)cc([N+](=O)[O-])c2)c1. The van der Waals surface area contributed by atoms with Crippen LogP contribution in [0.5, 0.6) is 0 Å². The summed E-state index contributed by atoms with van der Waals surface area (Å²) in [5, 5.41) is 13.8. The van der Waals surface area contributed by atoms with Crippen molar-refractivity contribution < 1.29 is 9.31 Å². The fraction of sp³-hybridized carbons (Fsp3) is 0.200. The Morgan fingerprint density at radius 1 is 1.24 bits per heavy atom. The number of hydrogen-bond acceptors (Lipinski definition) is 4. The van der Waals surface area contributed by atoms with E-state index in [2.05, 4.69) is 11.4 Å². The van der Waals surface area contributed by atoms with Crippen LogP contribution in [0.25, 0.3) is 0 Å². The number of non-ortho nitro benzene ring substituents is 1. The van der Waals surface area contributed by atoms with E-state index in [4.69, 9.17) is 0 Å². The van der Waals surface area contributed by atoms with Crippen LogP contribution in [0.15, 0.2) is 47.4 Å². The van der Waals surface area contributed by atoms with Crippen molar-refractivity contribution in [3.8, 4) is 0 Å². The number of nitro groups is 1. The van der Waals surface area contributed by atoms with Crippen molar-refractivity contribution in [2.75, 3.05) is 7.05 Å². The van der Waals surface area contributed by atoms with E-state index < -0.39 is 10.7 Å². The van der Waals surface area contributed by atoms with Crippen LogP contribution in [-0.2, 0) is 12.3 Å². The minimum Gasteiger partial charge on any atom is -0.316 e. The molecule has 4 nitrogen and oxygen atoms in total. The van der Waals surface area contributed by atoms with Crippen molar-refractivity contribution in [3.05, 3.63) is 69.5 Å². The Hall–Kier alpha value is -1.92. The van der Waals surface area contributed by atoms with Crippen molar-refractivity contribution in [2.45, 2.75) is 17.2 Å². The van der Waals surface area contributed by atoms with Crippen LogP contribution in [0.3, 0.4) is 0 Å². The molecule has 0 atom stereocenters. The van der Waals surface area contributed by atoms with E-state index in [1.54, 1.807) is 0 Å². The number of hydrogen-bond donors (Lipinski definition) is 1. The van der Waals surface area contributed by atoms with Gasteiger partial charge in [0.25, 0.3) is 5.69 Å². The molecule has 6 heteroatoms. The van der Waals surface area contributed by atoms with Gasteiger partial charge in [0, 0.05) is 23.3 Å². The summed E-state index contributed by atoms with van der Waals surface area (Å²) in [4.78, 5) is 11.2. The number of thioether (sulfide) groups is 1. The molecule has 2 rings (SSSR count). The molecule has 0 unspecified atom stereocenters. The molecule has 2 aromatic carbocycles. The standard InChI is InChI=1S/C15H15FN2O2S/c1-17-9-11-3-2-4-15(7-11)21-10-12-5-13(16)8-14(6-12)18(19)20/h2-8,17H,9-10H2,1H3. The van der Waals surface area contributed by atoms with Gasteiger partial charge in [0.15, 0.2) is 0 Å². The topological polar surface area (TPSA) is 55.2 Å². The predicted octanol–water partition coefficient (Wildman–Crippen LogP) is 3.75. The first-order chi connectivity index (χ1) is 10.1. The Balaban J connectivity index is 2.09. The summed E-state index contributed by atoms with van der Waals surface area (Å²) >= 11 is 1.53. The Labute approximate surface area is 126 Å². The molecule has 0 heterocycles. The van der Waals surface area contributed by atoms with Crippen LogP contribution in [0.2, 0.25) is 0 Å². The molecule has 2 aromatic rings. The number of halogens is 1. The average Bonchev–Trinajstić information content (AvgIpc) is 2.45. The second kappa shape index (κ2) is 7.19. The number of nitrogens with one attached hydrogen (secondary N) is 1. The first-order valence-electron chi connectivity index (χ1n) is 6.38. The lowest BCUT2D eigenvalue weighted by Crippen LogP contribution is -2.04. The van der Waals surface area contributed by atoms with Gasteiger partial charge in [-0.2, -0.15) is 0 Å². The second-order valence-corrected chi connectivity index (χ2v) is 5.59. The summed E-state index contributed by atoms with van der Waals surface area (Å²) in [6, 6.07) is 11.7. The molecule has 0 aromatic heterocycles. The molecule has 0 aliphatic heterocycles. The van der Waals surface area contributed by atoms with Crippen LogP contribution in [0.4, 0.5) is 10.1 Å². The van der Waals surface area contributed by atoms with E-state index in [0.29, 0.717) is 11.3 Å². The lowest BCUT2D eigenvalue weighted by molar-refractivity contribution is -0.385. The molecule has 0 saturated heterocycles. The second-order valence-electron chi connectivity index (χ2n) is 4.54. The summed E-state index contributed by atoms with van der Waals surface area (Å²) in [5.41, 5.74) is 1.55. The zero-order chi connectivity index (χ0) is 15.2. The minimum atomic E-state index is -0.580. The fourth-order valence-electron chi connectivity index (χ4n) is 1.94. The molecule has 0 aliphatic rings. The molecule has 0 saturated carbocycles. The van der Waals surface area contributed by atoms with E-state index in [0.717, 1.165) is 23.1 Å². The van der Waals surface area contributed by atoms with Crippen molar-refractivity contribution in [1.82, 2.24) is 5.32 Å². The third-order valence-electron chi connectivity index (χ3n) is 2.84. The van der Waals surface area contributed by atoms with Crippen LogP contribution in [0, 0.1) is 15.9 Å². The highest BCUT2D eigenvalue weighted by atomic mass is 32.2. The molecular formula is C15H15FN2O2S. The predicted molar refractivity (Wildman–Crippen MR) is 81.8 cm³/mol. The van der Waals surface area contributed by atoms with Gasteiger partial charge in [0.1, 0.15) is 5.82 Å². The number of nitrogens with zero attached hydrogens (tertiary/aromatic N) is 1. The average molecular weight is 306 g/mol. The third-order valence-corrected chi connectivity index (χ3v) is 3.90. The molecule has 0 spiro atoms. The number of benzene rings is 2. The van der Waals surface area contributed by atoms with Gasteiger partial charge in [0.05, 0.1) is 11.0 Å². The summed E-state index contributed by atoms with van der Waals surface area (Å²) in [5.74, 6) is -0.0922. The van der Waals surface area contributed by atoms with Gasteiger partial charge in [-0.15, -0.1) is 11.8 Å². The Morgan fingerprint density at radius 3 is 2.76 bits per heavy atom. The lowest BCUT2D eigenvalue weighted by Gasteiger charge is -2.05. The van der Waals surface area contributed by atoms with Crippen LogP contribution in [-0.4, -0.2) is 12.0 Å². The molecule has 21 heavy (non-hydrogen) atoms. The monoisotopic (exact) mass is 306 g/mol. The lowest BCUT2D eigenvalue weighted by atomic mass is 10.2. The molecule has 0 fully saturated rings. The van der Waals surface area contributed by atoms with Gasteiger partial charge >= 0.3 is 0 Å². The van der Waals surface area contributed by atoms with Crippen LogP contribution >= 0.6 is 11.8 Å². The number of nitro benzene ring substituents is 1. The van der Waals surface area contributed by atoms with Crippen LogP contribution < -0.4 is 5.32 Å². The van der Waals surface area contributed by atoms with Crippen LogP contribution in [0.1, 0.15) is 11.1 Å². The van der Waals surface area contributed by atoms with Crippen molar-refractivity contribution >= 4 is 17.4 Å². The molecular weight excluding hydrogens is 291 g/mol. The molecule has 0 aliphatic carbocycles. The molecule has 1 N–H and O–H groups in total. The Morgan fingerprint density at radius 2 is 2.05 bits per heavy atom. The zero-order valence-corrected chi connectivity index (χ0v) is 12.3. The molecule has 110 valence electrons. The third kappa shape index (κ3) is 4.54. The van der Waals surface area contributed by atoms with Gasteiger partial charge in [-0.25, -0.2) is 4.39 Å². The first kappa shape index (κ1) is 15.5. The Kier molecular flexibility index (Phi) is 5.30. The van der Waals surface area contributed by atoms with E-state index in [9.17, 15) is 14.5 Å². The van der Waals surface area contributed by atoms with E-state index in [-0.39, 0.29) is 5.69 Å².